The van der Waals surface area contributed by atoms with Gasteiger partial charge in [-0.05, 0) is 50.7 Å². The maximum Gasteiger partial charge on any atom is 0.156 e. The van der Waals surface area contributed by atoms with Crippen LogP contribution in [0.2, 0.25) is 0 Å². The number of likely N-dealkylation sites (tertiary alicyclic amines) is 1. The Morgan fingerprint density at radius 2 is 2.11 bits per heavy atom. The highest BCUT2D eigenvalue weighted by atomic mass is 32.2. The predicted octanol–water partition coefficient (Wildman–Crippen LogP) is 2.83. The lowest BCUT2D eigenvalue weighted by molar-refractivity contribution is 0.196. The zero-order chi connectivity index (χ0) is 13.7. The molecule has 0 spiro atoms. The van der Waals surface area contributed by atoms with E-state index < -0.39 is 0 Å². The fourth-order valence-electron chi connectivity index (χ4n) is 2.92. The maximum absolute atomic E-state index is 4.81. The molecule has 0 saturated carbocycles. The number of rotatable bonds is 5. The Kier molecular flexibility index (Phi) is 6.02. The molecule has 1 atom stereocenters. The van der Waals surface area contributed by atoms with Crippen molar-refractivity contribution >= 4 is 16.9 Å². The van der Waals surface area contributed by atoms with Crippen LogP contribution in [0, 0.1) is 11.8 Å². The number of aliphatic imine (C=N–C) groups is 1. The Morgan fingerprint density at radius 3 is 2.74 bits per heavy atom. The molecule has 2 rings (SSSR count). The van der Waals surface area contributed by atoms with Crippen molar-refractivity contribution in [2.24, 2.45) is 16.8 Å². The van der Waals surface area contributed by atoms with Crippen LogP contribution in [0.15, 0.2) is 4.99 Å². The molecule has 0 amide bonds. The molecule has 0 aromatic carbocycles. The molecule has 2 saturated heterocycles. The third-order valence-corrected chi connectivity index (χ3v) is 5.24. The lowest BCUT2D eigenvalue weighted by atomic mass is 9.97. The fourth-order valence-corrected chi connectivity index (χ4v) is 3.92. The van der Waals surface area contributed by atoms with Gasteiger partial charge in [0.05, 0.1) is 0 Å². The zero-order valence-electron chi connectivity index (χ0n) is 12.7. The molecule has 0 radical (unpaired) electrons. The number of nitrogens with zero attached hydrogens (tertiary/aromatic N) is 2. The average Bonchev–Trinajstić information content (AvgIpc) is 2.84. The quantitative estimate of drug-likeness (QED) is 0.841. The van der Waals surface area contributed by atoms with Crippen molar-refractivity contribution in [3.8, 4) is 0 Å². The van der Waals surface area contributed by atoms with Crippen LogP contribution >= 0.6 is 11.8 Å². The summed E-state index contributed by atoms with van der Waals surface area (Å²) >= 11 is 1.91. The van der Waals surface area contributed by atoms with Gasteiger partial charge in [0.15, 0.2) is 5.17 Å². The van der Waals surface area contributed by atoms with Gasteiger partial charge < -0.3 is 10.2 Å². The van der Waals surface area contributed by atoms with E-state index in [0.717, 1.165) is 18.4 Å². The number of piperidine rings is 1. The summed E-state index contributed by atoms with van der Waals surface area (Å²) in [4.78, 5) is 7.35. The lowest BCUT2D eigenvalue weighted by Gasteiger charge is -2.30. The van der Waals surface area contributed by atoms with Gasteiger partial charge in [0.1, 0.15) is 0 Å². The van der Waals surface area contributed by atoms with Gasteiger partial charge in [-0.25, -0.2) is 0 Å². The van der Waals surface area contributed by atoms with Crippen molar-refractivity contribution in [2.75, 3.05) is 31.9 Å². The van der Waals surface area contributed by atoms with Crippen molar-refractivity contribution in [1.29, 1.82) is 0 Å². The summed E-state index contributed by atoms with van der Waals surface area (Å²) in [5, 5.41) is 4.78. The van der Waals surface area contributed by atoms with Crippen molar-refractivity contribution in [3.05, 3.63) is 0 Å². The molecule has 1 N–H and O–H groups in total. The molecule has 2 heterocycles. The number of amidine groups is 1. The van der Waals surface area contributed by atoms with Crippen LogP contribution in [0.25, 0.3) is 0 Å². The van der Waals surface area contributed by atoms with Gasteiger partial charge in [0.2, 0.25) is 0 Å². The number of thioether (sulfide) groups is 1. The standard InChI is InChI=1S/C15H29N3S/c1-4-18-7-5-13(6-8-18)10-16-15-17-14(11-19-15)9-12(2)3/h12-14H,4-11H2,1-3H3,(H,16,17). The highest BCUT2D eigenvalue weighted by Crippen LogP contribution is 2.21. The Balaban J connectivity index is 1.69. The van der Waals surface area contributed by atoms with Crippen molar-refractivity contribution < 1.29 is 0 Å². The molecule has 0 aliphatic carbocycles. The summed E-state index contributed by atoms with van der Waals surface area (Å²) in [6, 6.07) is 0.644. The first-order valence-corrected chi connectivity index (χ1v) is 8.82. The molecule has 3 nitrogen and oxygen atoms in total. The maximum atomic E-state index is 4.81. The van der Waals surface area contributed by atoms with Gasteiger partial charge in [-0.1, -0.05) is 32.5 Å². The van der Waals surface area contributed by atoms with Gasteiger partial charge in [0.25, 0.3) is 0 Å². The fraction of sp³-hybridized carbons (Fsp3) is 0.933. The first-order chi connectivity index (χ1) is 9.17. The molecule has 1 unspecified atom stereocenters. The van der Waals surface area contributed by atoms with Crippen LogP contribution in [0.5, 0.6) is 0 Å². The number of hydrogen-bond acceptors (Lipinski definition) is 3. The molecule has 0 aromatic rings. The van der Waals surface area contributed by atoms with E-state index in [1.807, 2.05) is 11.8 Å². The van der Waals surface area contributed by atoms with Crippen LogP contribution in [0.1, 0.15) is 40.0 Å². The van der Waals surface area contributed by atoms with E-state index in [2.05, 4.69) is 31.0 Å². The Hall–Kier alpha value is -0.220. The molecule has 0 aromatic heterocycles. The topological polar surface area (TPSA) is 27.6 Å². The van der Waals surface area contributed by atoms with E-state index in [9.17, 15) is 0 Å². The second kappa shape index (κ2) is 7.53. The number of nitrogens with one attached hydrogen (secondary N) is 1. The first-order valence-electron chi connectivity index (χ1n) is 7.83. The predicted molar refractivity (Wildman–Crippen MR) is 86.0 cm³/mol. The summed E-state index contributed by atoms with van der Waals surface area (Å²) in [6.45, 7) is 11.6. The number of hydrogen-bond donors (Lipinski definition) is 1. The third-order valence-electron chi connectivity index (χ3n) is 4.15. The zero-order valence-corrected chi connectivity index (χ0v) is 13.5. The van der Waals surface area contributed by atoms with E-state index >= 15 is 0 Å². The Bertz CT molecular complexity index is 296. The smallest absolute Gasteiger partial charge is 0.156 e. The molecular weight excluding hydrogens is 254 g/mol. The molecule has 110 valence electrons. The van der Waals surface area contributed by atoms with Crippen molar-refractivity contribution in [1.82, 2.24) is 10.2 Å². The van der Waals surface area contributed by atoms with Crippen LogP contribution in [0.4, 0.5) is 0 Å². The second-order valence-electron chi connectivity index (χ2n) is 6.31. The first kappa shape index (κ1) is 15.2. The van der Waals surface area contributed by atoms with Gasteiger partial charge in [-0.15, -0.1) is 0 Å². The minimum absolute atomic E-state index is 0.644. The van der Waals surface area contributed by atoms with Crippen LogP contribution in [-0.2, 0) is 0 Å². The molecule has 19 heavy (non-hydrogen) atoms. The highest BCUT2D eigenvalue weighted by molar-refractivity contribution is 8.14. The Labute approximate surface area is 122 Å². The van der Waals surface area contributed by atoms with E-state index in [-0.39, 0.29) is 0 Å². The second-order valence-corrected chi connectivity index (χ2v) is 7.31. The molecule has 2 aliphatic rings. The highest BCUT2D eigenvalue weighted by Gasteiger charge is 2.22. The minimum Gasteiger partial charge on any atom is -0.361 e. The summed E-state index contributed by atoms with van der Waals surface area (Å²) in [7, 11) is 0. The summed E-state index contributed by atoms with van der Waals surface area (Å²) in [5.41, 5.74) is 0. The molecule has 2 aliphatic heterocycles. The van der Waals surface area contributed by atoms with Gasteiger partial charge in [-0.2, -0.15) is 0 Å². The molecular formula is C15H29N3S. The van der Waals surface area contributed by atoms with E-state index in [1.165, 1.54) is 49.8 Å². The lowest BCUT2D eigenvalue weighted by Crippen LogP contribution is -2.34. The van der Waals surface area contributed by atoms with Crippen LogP contribution in [0.3, 0.4) is 0 Å². The molecule has 0 bridgehead atoms. The third kappa shape index (κ3) is 4.99. The summed E-state index contributed by atoms with van der Waals surface area (Å²) in [5.74, 6) is 2.78. The van der Waals surface area contributed by atoms with Gasteiger partial charge >= 0.3 is 0 Å². The van der Waals surface area contributed by atoms with Crippen molar-refractivity contribution in [3.63, 3.8) is 0 Å². The van der Waals surface area contributed by atoms with Crippen LogP contribution < -0.4 is 5.32 Å². The van der Waals surface area contributed by atoms with Crippen LogP contribution in [-0.4, -0.2) is 48.0 Å². The van der Waals surface area contributed by atoms with E-state index in [1.54, 1.807) is 0 Å². The monoisotopic (exact) mass is 283 g/mol. The Morgan fingerprint density at radius 1 is 1.37 bits per heavy atom. The summed E-state index contributed by atoms with van der Waals surface area (Å²) in [6.07, 6.45) is 3.91. The SMILES string of the molecule is CCN1CCC(CN=C2NC(CC(C)C)CS2)CC1. The minimum atomic E-state index is 0.644. The van der Waals surface area contributed by atoms with Crippen molar-refractivity contribution in [2.45, 2.75) is 46.1 Å². The molecule has 4 heteroatoms. The van der Waals surface area contributed by atoms with Gasteiger partial charge in [0, 0.05) is 18.3 Å². The average molecular weight is 283 g/mol. The van der Waals surface area contributed by atoms with Gasteiger partial charge in [-0.3, -0.25) is 4.99 Å². The molecule has 2 fully saturated rings. The largest absolute Gasteiger partial charge is 0.361 e. The van der Waals surface area contributed by atoms with E-state index in [0.29, 0.717) is 6.04 Å². The van der Waals surface area contributed by atoms with E-state index in [4.69, 9.17) is 4.99 Å². The summed E-state index contributed by atoms with van der Waals surface area (Å²) < 4.78 is 0. The normalized spacial score (nSPS) is 28.2.